The molecule has 1 unspecified atom stereocenters. The Labute approximate surface area is 96.9 Å². The lowest BCUT2D eigenvalue weighted by Gasteiger charge is -2.18. The Bertz CT molecular complexity index is 475. The second kappa shape index (κ2) is 4.31. The van der Waals surface area contributed by atoms with Crippen LogP contribution in [0.15, 0.2) is 30.6 Å². The second-order valence-corrected chi connectivity index (χ2v) is 3.95. The average molecular weight is 240 g/mol. The van der Waals surface area contributed by atoms with Gasteiger partial charge in [-0.1, -0.05) is 18.2 Å². The van der Waals surface area contributed by atoms with Gasteiger partial charge < -0.3 is 0 Å². The normalized spacial score (nSPS) is 20.2. The van der Waals surface area contributed by atoms with Gasteiger partial charge in [-0.3, -0.25) is 4.98 Å². The number of rotatable bonds is 1. The van der Waals surface area contributed by atoms with E-state index >= 15 is 0 Å². The standard InChI is InChI=1S/C12H11F3N2/c1-8-6-16-7-11(17-8)9-2-4-10(5-3-9)12(13,14)15/h2-4,6-7,10H,5H2,1H3. The van der Waals surface area contributed by atoms with Crippen LogP contribution in [0.25, 0.3) is 5.57 Å². The first-order chi connectivity index (χ1) is 7.97. The van der Waals surface area contributed by atoms with Crippen LogP contribution < -0.4 is 0 Å². The molecule has 0 aliphatic heterocycles. The first kappa shape index (κ1) is 11.8. The number of nitrogens with zero attached hydrogens (tertiary/aromatic N) is 2. The summed E-state index contributed by atoms with van der Waals surface area (Å²) >= 11 is 0. The highest BCUT2D eigenvalue weighted by Gasteiger charge is 2.37. The van der Waals surface area contributed by atoms with Crippen LogP contribution in [0.4, 0.5) is 13.2 Å². The lowest BCUT2D eigenvalue weighted by molar-refractivity contribution is -0.160. The zero-order chi connectivity index (χ0) is 12.5. The molecular formula is C12H11F3N2. The number of hydrogen-bond donors (Lipinski definition) is 0. The third kappa shape index (κ3) is 2.72. The fourth-order valence-corrected chi connectivity index (χ4v) is 1.66. The fourth-order valence-electron chi connectivity index (χ4n) is 1.66. The zero-order valence-electron chi connectivity index (χ0n) is 9.20. The monoisotopic (exact) mass is 240 g/mol. The van der Waals surface area contributed by atoms with Crippen LogP contribution in [0, 0.1) is 12.8 Å². The van der Waals surface area contributed by atoms with Crippen molar-refractivity contribution < 1.29 is 13.2 Å². The van der Waals surface area contributed by atoms with Crippen molar-refractivity contribution in [1.29, 1.82) is 0 Å². The number of aryl methyl sites for hydroxylation is 1. The van der Waals surface area contributed by atoms with E-state index in [-0.39, 0.29) is 6.42 Å². The van der Waals surface area contributed by atoms with Gasteiger partial charge in [-0.2, -0.15) is 13.2 Å². The molecule has 0 spiro atoms. The second-order valence-electron chi connectivity index (χ2n) is 3.95. The number of allylic oxidation sites excluding steroid dienone is 4. The fraction of sp³-hybridized carbons (Fsp3) is 0.333. The smallest absolute Gasteiger partial charge is 0.261 e. The third-order valence-electron chi connectivity index (χ3n) is 2.57. The molecule has 1 aromatic heterocycles. The number of aromatic nitrogens is 2. The van der Waals surface area contributed by atoms with Gasteiger partial charge in [0.2, 0.25) is 0 Å². The highest BCUT2D eigenvalue weighted by molar-refractivity contribution is 5.72. The molecule has 0 N–H and O–H groups in total. The van der Waals surface area contributed by atoms with Crippen LogP contribution in [-0.4, -0.2) is 16.1 Å². The predicted octanol–water partition coefficient (Wildman–Crippen LogP) is 3.31. The summed E-state index contributed by atoms with van der Waals surface area (Å²) in [4.78, 5) is 8.19. The van der Waals surface area contributed by atoms with Gasteiger partial charge in [0, 0.05) is 6.20 Å². The number of hydrogen-bond acceptors (Lipinski definition) is 2. The summed E-state index contributed by atoms with van der Waals surface area (Å²) in [5, 5.41) is 0. The van der Waals surface area contributed by atoms with Crippen molar-refractivity contribution in [2.75, 3.05) is 0 Å². The largest absolute Gasteiger partial charge is 0.395 e. The zero-order valence-corrected chi connectivity index (χ0v) is 9.20. The Kier molecular flexibility index (Phi) is 3.00. The van der Waals surface area contributed by atoms with Gasteiger partial charge in [-0.15, -0.1) is 0 Å². The molecule has 17 heavy (non-hydrogen) atoms. The maximum absolute atomic E-state index is 12.4. The van der Waals surface area contributed by atoms with Gasteiger partial charge in [0.25, 0.3) is 0 Å². The molecule has 1 atom stereocenters. The molecule has 2 nitrogen and oxygen atoms in total. The van der Waals surface area contributed by atoms with Crippen LogP contribution in [0.5, 0.6) is 0 Å². The van der Waals surface area contributed by atoms with E-state index in [0.717, 1.165) is 5.69 Å². The van der Waals surface area contributed by atoms with E-state index in [0.29, 0.717) is 11.3 Å². The molecule has 1 aliphatic rings. The van der Waals surface area contributed by atoms with Crippen molar-refractivity contribution in [2.24, 2.45) is 5.92 Å². The molecule has 0 fully saturated rings. The van der Waals surface area contributed by atoms with Crippen LogP contribution >= 0.6 is 0 Å². The summed E-state index contributed by atoms with van der Waals surface area (Å²) in [6.45, 7) is 1.79. The van der Waals surface area contributed by atoms with Crippen LogP contribution in [-0.2, 0) is 0 Å². The third-order valence-corrected chi connectivity index (χ3v) is 2.57. The van der Waals surface area contributed by atoms with Gasteiger partial charge >= 0.3 is 6.18 Å². The van der Waals surface area contributed by atoms with Crippen LogP contribution in [0.3, 0.4) is 0 Å². The lowest BCUT2D eigenvalue weighted by Crippen LogP contribution is -2.21. The maximum Gasteiger partial charge on any atom is 0.395 e. The van der Waals surface area contributed by atoms with Gasteiger partial charge in [-0.05, 0) is 18.9 Å². The molecule has 0 aromatic carbocycles. The molecule has 1 heterocycles. The minimum atomic E-state index is -4.17. The summed E-state index contributed by atoms with van der Waals surface area (Å²) < 4.78 is 37.3. The van der Waals surface area contributed by atoms with Crippen molar-refractivity contribution in [2.45, 2.75) is 19.5 Å². The lowest BCUT2D eigenvalue weighted by atomic mass is 9.95. The Morgan fingerprint density at radius 2 is 2.06 bits per heavy atom. The van der Waals surface area contributed by atoms with E-state index in [1.54, 1.807) is 25.4 Å². The summed E-state index contributed by atoms with van der Waals surface area (Å²) in [6, 6.07) is 0. The topological polar surface area (TPSA) is 25.8 Å². The molecule has 0 saturated carbocycles. The van der Waals surface area contributed by atoms with Crippen molar-refractivity contribution in [3.63, 3.8) is 0 Å². The molecule has 0 radical (unpaired) electrons. The van der Waals surface area contributed by atoms with Gasteiger partial charge in [0.1, 0.15) is 0 Å². The van der Waals surface area contributed by atoms with Crippen LogP contribution in [0.1, 0.15) is 17.8 Å². The quantitative estimate of drug-likeness (QED) is 0.752. The number of halogens is 3. The Morgan fingerprint density at radius 3 is 2.59 bits per heavy atom. The first-order valence-electron chi connectivity index (χ1n) is 5.21. The van der Waals surface area contributed by atoms with E-state index in [4.69, 9.17) is 0 Å². The summed E-state index contributed by atoms with van der Waals surface area (Å²) in [5.74, 6) is -1.39. The minimum Gasteiger partial charge on any atom is -0.261 e. The minimum absolute atomic E-state index is 0.0368. The van der Waals surface area contributed by atoms with Crippen molar-refractivity contribution in [3.8, 4) is 0 Å². The Hall–Kier alpha value is -1.65. The first-order valence-corrected chi connectivity index (χ1v) is 5.21. The molecule has 1 aromatic rings. The average Bonchev–Trinajstić information content (AvgIpc) is 2.28. The maximum atomic E-state index is 12.4. The molecule has 0 saturated heterocycles. The highest BCUT2D eigenvalue weighted by atomic mass is 19.4. The van der Waals surface area contributed by atoms with E-state index < -0.39 is 12.1 Å². The van der Waals surface area contributed by atoms with Gasteiger partial charge in [0.15, 0.2) is 0 Å². The van der Waals surface area contributed by atoms with Crippen molar-refractivity contribution in [3.05, 3.63) is 42.0 Å². The molecule has 5 heteroatoms. The summed E-state index contributed by atoms with van der Waals surface area (Å²) in [6.07, 6.45) is 3.15. The summed E-state index contributed by atoms with van der Waals surface area (Å²) in [7, 11) is 0. The van der Waals surface area contributed by atoms with E-state index in [1.165, 1.54) is 12.2 Å². The number of alkyl halides is 3. The molecule has 1 aliphatic carbocycles. The Morgan fingerprint density at radius 1 is 1.29 bits per heavy atom. The SMILES string of the molecule is Cc1cncc(C2=CCC(C(F)(F)F)C=C2)n1. The summed E-state index contributed by atoms with van der Waals surface area (Å²) in [5.41, 5.74) is 2.05. The van der Waals surface area contributed by atoms with E-state index in [1.807, 2.05) is 0 Å². The van der Waals surface area contributed by atoms with Gasteiger partial charge in [0.05, 0.1) is 23.5 Å². The molecular weight excluding hydrogens is 229 g/mol. The highest BCUT2D eigenvalue weighted by Crippen LogP contribution is 2.34. The molecule has 2 rings (SSSR count). The van der Waals surface area contributed by atoms with Crippen LogP contribution in [0.2, 0.25) is 0 Å². The van der Waals surface area contributed by atoms with E-state index in [9.17, 15) is 13.2 Å². The molecule has 0 bridgehead atoms. The Balaban J connectivity index is 2.18. The predicted molar refractivity (Wildman–Crippen MR) is 58.0 cm³/mol. The molecule has 90 valence electrons. The molecule has 0 amide bonds. The van der Waals surface area contributed by atoms with E-state index in [2.05, 4.69) is 9.97 Å². The van der Waals surface area contributed by atoms with Crippen molar-refractivity contribution in [1.82, 2.24) is 9.97 Å². The van der Waals surface area contributed by atoms with Crippen molar-refractivity contribution >= 4 is 5.57 Å². The van der Waals surface area contributed by atoms with Gasteiger partial charge in [-0.25, -0.2) is 4.98 Å².